The standard InChI is InChI=1S/C18H28N2O/c1-4-15-12-19-18(9-5-6-10-18)13-20(15)16-7-8-17(21-3)14(2)11-16/h7-8,11,15,19H,4-6,9-10,12-13H2,1-3H3. The Morgan fingerprint density at radius 3 is 2.71 bits per heavy atom. The first-order valence-electron chi connectivity index (χ1n) is 8.34. The second-order valence-electron chi connectivity index (χ2n) is 6.71. The van der Waals surface area contributed by atoms with Gasteiger partial charge in [-0.1, -0.05) is 19.8 Å². The van der Waals surface area contributed by atoms with Crippen molar-refractivity contribution in [2.45, 2.75) is 57.5 Å². The second-order valence-corrected chi connectivity index (χ2v) is 6.71. The van der Waals surface area contributed by atoms with Crippen molar-refractivity contribution in [2.75, 3.05) is 25.1 Å². The molecule has 0 aromatic heterocycles. The van der Waals surface area contributed by atoms with Gasteiger partial charge >= 0.3 is 0 Å². The largest absolute Gasteiger partial charge is 0.496 e. The lowest BCUT2D eigenvalue weighted by Gasteiger charge is -2.47. The zero-order valence-corrected chi connectivity index (χ0v) is 13.6. The zero-order chi connectivity index (χ0) is 14.9. The molecule has 116 valence electrons. The number of hydrogen-bond donors (Lipinski definition) is 1. The van der Waals surface area contributed by atoms with E-state index < -0.39 is 0 Å². The fraction of sp³-hybridized carbons (Fsp3) is 0.667. The van der Waals surface area contributed by atoms with Crippen molar-refractivity contribution in [3.8, 4) is 5.75 Å². The minimum Gasteiger partial charge on any atom is -0.496 e. The number of rotatable bonds is 3. The van der Waals surface area contributed by atoms with Crippen molar-refractivity contribution in [2.24, 2.45) is 0 Å². The van der Waals surface area contributed by atoms with Gasteiger partial charge in [-0.25, -0.2) is 0 Å². The summed E-state index contributed by atoms with van der Waals surface area (Å²) in [6.45, 7) is 6.69. The lowest BCUT2D eigenvalue weighted by atomic mass is 9.91. The van der Waals surface area contributed by atoms with Crippen molar-refractivity contribution in [1.82, 2.24) is 5.32 Å². The molecule has 3 heteroatoms. The van der Waals surface area contributed by atoms with Gasteiger partial charge in [0, 0.05) is 30.4 Å². The van der Waals surface area contributed by atoms with E-state index in [-0.39, 0.29) is 0 Å². The lowest BCUT2D eigenvalue weighted by Crippen LogP contribution is -2.63. The summed E-state index contributed by atoms with van der Waals surface area (Å²) in [7, 11) is 1.75. The maximum absolute atomic E-state index is 5.40. The molecule has 0 amide bonds. The summed E-state index contributed by atoms with van der Waals surface area (Å²) in [6, 6.07) is 7.22. The van der Waals surface area contributed by atoms with Gasteiger partial charge in [0.25, 0.3) is 0 Å². The van der Waals surface area contributed by atoms with Crippen LogP contribution in [0.1, 0.15) is 44.6 Å². The third kappa shape index (κ3) is 2.76. The van der Waals surface area contributed by atoms with E-state index in [0.29, 0.717) is 11.6 Å². The molecule has 1 aromatic rings. The Balaban J connectivity index is 1.87. The number of piperazine rings is 1. The Kier molecular flexibility index (Phi) is 4.12. The van der Waals surface area contributed by atoms with Crippen LogP contribution in [0, 0.1) is 6.92 Å². The minimum absolute atomic E-state index is 0.361. The Labute approximate surface area is 128 Å². The van der Waals surface area contributed by atoms with Gasteiger partial charge in [-0.3, -0.25) is 0 Å². The first-order valence-corrected chi connectivity index (χ1v) is 8.34. The highest BCUT2D eigenvalue weighted by atomic mass is 16.5. The molecule has 1 N–H and O–H groups in total. The van der Waals surface area contributed by atoms with Crippen LogP contribution in [0.4, 0.5) is 5.69 Å². The van der Waals surface area contributed by atoms with E-state index in [0.717, 1.165) is 18.8 Å². The van der Waals surface area contributed by atoms with E-state index >= 15 is 0 Å². The molecule has 21 heavy (non-hydrogen) atoms. The molecule has 3 rings (SSSR count). The van der Waals surface area contributed by atoms with Crippen LogP contribution in [-0.2, 0) is 0 Å². The highest BCUT2D eigenvalue weighted by Gasteiger charge is 2.40. The lowest BCUT2D eigenvalue weighted by molar-refractivity contribution is 0.267. The van der Waals surface area contributed by atoms with E-state index in [1.807, 2.05) is 0 Å². The summed E-state index contributed by atoms with van der Waals surface area (Å²) in [5.74, 6) is 0.984. The van der Waals surface area contributed by atoms with Crippen LogP contribution in [0.25, 0.3) is 0 Å². The van der Waals surface area contributed by atoms with Gasteiger partial charge in [0.2, 0.25) is 0 Å². The number of nitrogens with zero attached hydrogens (tertiary/aromatic N) is 1. The molecule has 1 saturated heterocycles. The summed E-state index contributed by atoms with van der Waals surface area (Å²) < 4.78 is 5.40. The van der Waals surface area contributed by atoms with E-state index in [1.165, 1.54) is 43.4 Å². The maximum atomic E-state index is 5.40. The topological polar surface area (TPSA) is 24.5 Å². The predicted molar refractivity (Wildman–Crippen MR) is 88.4 cm³/mol. The summed E-state index contributed by atoms with van der Waals surface area (Å²) >= 11 is 0. The van der Waals surface area contributed by atoms with Crippen LogP contribution < -0.4 is 15.0 Å². The van der Waals surface area contributed by atoms with Crippen molar-refractivity contribution >= 4 is 5.69 Å². The number of anilines is 1. The average molecular weight is 288 g/mol. The quantitative estimate of drug-likeness (QED) is 0.921. The molecule has 1 heterocycles. The molecule has 1 aromatic carbocycles. The molecule has 0 bridgehead atoms. The number of aryl methyl sites for hydroxylation is 1. The monoisotopic (exact) mass is 288 g/mol. The summed E-state index contributed by atoms with van der Waals surface area (Å²) in [4.78, 5) is 2.63. The van der Waals surface area contributed by atoms with Gasteiger partial charge in [0.1, 0.15) is 5.75 Å². The molecule has 2 aliphatic rings. The van der Waals surface area contributed by atoms with Crippen LogP contribution in [-0.4, -0.2) is 31.8 Å². The molecule has 1 aliphatic heterocycles. The fourth-order valence-corrected chi connectivity index (χ4v) is 4.05. The van der Waals surface area contributed by atoms with Crippen molar-refractivity contribution in [3.63, 3.8) is 0 Å². The Morgan fingerprint density at radius 2 is 2.10 bits per heavy atom. The van der Waals surface area contributed by atoms with Gasteiger partial charge < -0.3 is 15.0 Å². The van der Waals surface area contributed by atoms with Crippen LogP contribution >= 0.6 is 0 Å². The molecular weight excluding hydrogens is 260 g/mol. The highest BCUT2D eigenvalue weighted by molar-refractivity contribution is 5.54. The first-order chi connectivity index (χ1) is 10.2. The second kappa shape index (κ2) is 5.88. The van der Waals surface area contributed by atoms with E-state index in [1.54, 1.807) is 7.11 Å². The van der Waals surface area contributed by atoms with E-state index in [4.69, 9.17) is 4.74 Å². The molecule has 3 nitrogen and oxygen atoms in total. The molecule has 0 radical (unpaired) electrons. The number of methoxy groups -OCH3 is 1. The van der Waals surface area contributed by atoms with Crippen LogP contribution in [0.2, 0.25) is 0 Å². The highest BCUT2D eigenvalue weighted by Crippen LogP contribution is 2.36. The molecule has 1 atom stereocenters. The van der Waals surface area contributed by atoms with Gasteiger partial charge in [-0.15, -0.1) is 0 Å². The van der Waals surface area contributed by atoms with Gasteiger partial charge in [-0.2, -0.15) is 0 Å². The van der Waals surface area contributed by atoms with Crippen molar-refractivity contribution < 1.29 is 4.74 Å². The first kappa shape index (κ1) is 14.7. The number of hydrogen-bond acceptors (Lipinski definition) is 3. The van der Waals surface area contributed by atoms with Crippen LogP contribution in [0.3, 0.4) is 0 Å². The summed E-state index contributed by atoms with van der Waals surface area (Å²) in [5.41, 5.74) is 2.94. The van der Waals surface area contributed by atoms with Crippen molar-refractivity contribution in [1.29, 1.82) is 0 Å². The normalized spacial score (nSPS) is 24.5. The van der Waals surface area contributed by atoms with E-state index in [9.17, 15) is 0 Å². The summed E-state index contributed by atoms with van der Waals surface area (Å²) in [6.07, 6.45) is 6.59. The number of ether oxygens (including phenoxy) is 1. The van der Waals surface area contributed by atoms with Crippen LogP contribution in [0.5, 0.6) is 5.75 Å². The van der Waals surface area contributed by atoms with Crippen LogP contribution in [0.15, 0.2) is 18.2 Å². The third-order valence-electron chi connectivity index (χ3n) is 5.37. The summed E-state index contributed by atoms with van der Waals surface area (Å²) in [5, 5.41) is 3.87. The van der Waals surface area contributed by atoms with Gasteiger partial charge in [0.15, 0.2) is 0 Å². The van der Waals surface area contributed by atoms with Gasteiger partial charge in [-0.05, 0) is 49.9 Å². The SMILES string of the molecule is CCC1CNC2(CCCC2)CN1c1ccc(OC)c(C)c1. The molecule has 1 saturated carbocycles. The Hall–Kier alpha value is -1.22. The molecular formula is C18H28N2O. The number of nitrogens with one attached hydrogen (secondary N) is 1. The number of benzene rings is 1. The average Bonchev–Trinajstić information content (AvgIpc) is 2.95. The zero-order valence-electron chi connectivity index (χ0n) is 13.6. The fourth-order valence-electron chi connectivity index (χ4n) is 4.05. The Bertz CT molecular complexity index is 494. The molecule has 1 spiro atoms. The molecule has 1 unspecified atom stereocenters. The van der Waals surface area contributed by atoms with E-state index in [2.05, 4.69) is 42.3 Å². The molecule has 2 fully saturated rings. The Morgan fingerprint density at radius 1 is 1.33 bits per heavy atom. The minimum atomic E-state index is 0.361. The molecule has 1 aliphatic carbocycles. The smallest absolute Gasteiger partial charge is 0.121 e. The third-order valence-corrected chi connectivity index (χ3v) is 5.37. The van der Waals surface area contributed by atoms with Crippen molar-refractivity contribution in [3.05, 3.63) is 23.8 Å². The predicted octanol–water partition coefficient (Wildman–Crippen LogP) is 3.50. The maximum Gasteiger partial charge on any atom is 0.121 e. The van der Waals surface area contributed by atoms with Gasteiger partial charge in [0.05, 0.1) is 7.11 Å².